The van der Waals surface area contributed by atoms with Crippen molar-refractivity contribution in [1.29, 1.82) is 0 Å². The Labute approximate surface area is 199 Å². The minimum Gasteiger partial charge on any atom is -0.394 e. The predicted molar refractivity (Wildman–Crippen MR) is 106 cm³/mol. The highest BCUT2D eigenvalue weighted by molar-refractivity contribution is 4.96. The predicted octanol–water partition coefficient (Wildman–Crippen LogP) is -6.92. The molecule has 0 bridgehead atoms. The fourth-order valence-corrected chi connectivity index (χ4v) is 4.19. The summed E-state index contributed by atoms with van der Waals surface area (Å²) in [5.74, 6) is 0. The van der Waals surface area contributed by atoms with Crippen molar-refractivity contribution in [2.24, 2.45) is 0 Å². The van der Waals surface area contributed by atoms with Gasteiger partial charge in [0.1, 0.15) is 73.2 Å². The summed E-state index contributed by atoms with van der Waals surface area (Å²) in [5.41, 5.74) is 0. The molecule has 206 valence electrons. The van der Waals surface area contributed by atoms with Crippen LogP contribution in [0.2, 0.25) is 0 Å². The summed E-state index contributed by atoms with van der Waals surface area (Å²) in [6.45, 7) is -2.17. The van der Waals surface area contributed by atoms with Crippen LogP contribution in [0.1, 0.15) is 0 Å². The average Bonchev–Trinajstić information content (AvgIpc) is 2.86. The molecular weight excluding hydrogens is 484 g/mol. The second-order valence-electron chi connectivity index (χ2n) is 8.55. The van der Waals surface area contributed by atoms with E-state index in [1.807, 2.05) is 0 Å². The van der Waals surface area contributed by atoms with Crippen molar-refractivity contribution in [3.63, 3.8) is 0 Å². The summed E-state index contributed by atoms with van der Waals surface area (Å²) >= 11 is 0. The molecule has 3 rings (SSSR count). The van der Waals surface area contributed by atoms with E-state index in [-0.39, 0.29) is 0 Å². The maximum absolute atomic E-state index is 10.7. The van der Waals surface area contributed by atoms with E-state index in [1.165, 1.54) is 7.11 Å². The summed E-state index contributed by atoms with van der Waals surface area (Å²) in [5, 5.41) is 100. The molecule has 16 nitrogen and oxygen atoms in total. The summed E-state index contributed by atoms with van der Waals surface area (Å²) < 4.78 is 32.4. The third-order valence-corrected chi connectivity index (χ3v) is 6.31. The van der Waals surface area contributed by atoms with Crippen LogP contribution in [0.3, 0.4) is 0 Å². The van der Waals surface area contributed by atoms with E-state index < -0.39 is 112 Å². The van der Waals surface area contributed by atoms with Crippen LogP contribution in [0.4, 0.5) is 0 Å². The zero-order valence-corrected chi connectivity index (χ0v) is 18.7. The van der Waals surface area contributed by atoms with Gasteiger partial charge in [0.25, 0.3) is 0 Å². The van der Waals surface area contributed by atoms with Crippen molar-refractivity contribution in [3.05, 3.63) is 0 Å². The molecule has 0 radical (unpaired) electrons. The van der Waals surface area contributed by atoms with Crippen LogP contribution in [0.15, 0.2) is 0 Å². The molecule has 3 fully saturated rings. The Morgan fingerprint density at radius 2 is 0.857 bits per heavy atom. The standard InChI is InChI=1S/C19H34O16/c1-30-18-15(12(27)9(24)6(3-21)32-18)35-19-16(13(28)10(25)7(4-22)33-19)34-17-14(29)11(26)8(23)5(2-20)31-17/h5-29H,2-4H2,1H3/t5-,6-,7-,8+,9-,10-,11+,12+,13+,14+,15+,16+,17+,18-,19+/m1/s1. The number of ether oxygens (including phenoxy) is 6. The third-order valence-electron chi connectivity index (χ3n) is 6.31. The van der Waals surface area contributed by atoms with Crippen LogP contribution in [-0.2, 0) is 28.4 Å². The van der Waals surface area contributed by atoms with Gasteiger partial charge in [0.15, 0.2) is 18.9 Å². The van der Waals surface area contributed by atoms with E-state index in [0.29, 0.717) is 0 Å². The van der Waals surface area contributed by atoms with Crippen molar-refractivity contribution in [2.45, 2.75) is 92.1 Å². The van der Waals surface area contributed by atoms with Gasteiger partial charge in [-0.25, -0.2) is 0 Å². The van der Waals surface area contributed by atoms with Gasteiger partial charge in [-0.15, -0.1) is 0 Å². The van der Waals surface area contributed by atoms with Gasteiger partial charge in [-0.05, 0) is 0 Å². The Morgan fingerprint density at radius 3 is 1.31 bits per heavy atom. The van der Waals surface area contributed by atoms with Gasteiger partial charge in [-0.3, -0.25) is 0 Å². The molecule has 0 aliphatic carbocycles. The molecule has 0 spiro atoms. The van der Waals surface area contributed by atoms with Crippen molar-refractivity contribution in [2.75, 3.05) is 26.9 Å². The van der Waals surface area contributed by atoms with E-state index in [4.69, 9.17) is 28.4 Å². The lowest BCUT2D eigenvalue weighted by atomic mass is 9.96. The zero-order chi connectivity index (χ0) is 26.0. The van der Waals surface area contributed by atoms with Gasteiger partial charge < -0.3 is 79.5 Å². The van der Waals surface area contributed by atoms with E-state index >= 15 is 0 Å². The van der Waals surface area contributed by atoms with Crippen LogP contribution < -0.4 is 0 Å². The van der Waals surface area contributed by atoms with E-state index in [1.54, 1.807) is 0 Å². The first kappa shape index (κ1) is 28.9. The van der Waals surface area contributed by atoms with Gasteiger partial charge >= 0.3 is 0 Å². The third kappa shape index (κ3) is 5.78. The first-order valence-electron chi connectivity index (χ1n) is 11.0. The highest BCUT2D eigenvalue weighted by atomic mass is 16.8. The first-order valence-corrected chi connectivity index (χ1v) is 11.0. The van der Waals surface area contributed by atoms with Gasteiger partial charge in [0, 0.05) is 7.11 Å². The van der Waals surface area contributed by atoms with Crippen molar-refractivity contribution in [1.82, 2.24) is 0 Å². The lowest BCUT2D eigenvalue weighted by Crippen LogP contribution is -2.67. The summed E-state index contributed by atoms with van der Waals surface area (Å²) in [6.07, 6.45) is -24.2. The molecular formula is C19H34O16. The highest BCUT2D eigenvalue weighted by Gasteiger charge is 2.53. The molecule has 0 aromatic heterocycles. The molecule has 3 aliphatic heterocycles. The molecule has 10 N–H and O–H groups in total. The molecule has 0 saturated carbocycles. The lowest BCUT2D eigenvalue weighted by Gasteiger charge is -2.48. The summed E-state index contributed by atoms with van der Waals surface area (Å²) in [6, 6.07) is 0. The van der Waals surface area contributed by atoms with Gasteiger partial charge in [-0.2, -0.15) is 0 Å². The Morgan fingerprint density at radius 1 is 0.486 bits per heavy atom. The monoisotopic (exact) mass is 518 g/mol. The van der Waals surface area contributed by atoms with Crippen molar-refractivity contribution in [3.8, 4) is 0 Å². The molecule has 15 atom stereocenters. The van der Waals surface area contributed by atoms with Crippen LogP contribution in [-0.4, -0.2) is 170 Å². The molecule has 35 heavy (non-hydrogen) atoms. The molecule has 3 saturated heterocycles. The van der Waals surface area contributed by atoms with E-state index in [2.05, 4.69) is 0 Å². The fourth-order valence-electron chi connectivity index (χ4n) is 4.19. The van der Waals surface area contributed by atoms with Crippen molar-refractivity contribution >= 4 is 0 Å². The second-order valence-corrected chi connectivity index (χ2v) is 8.55. The molecule has 0 unspecified atom stereocenters. The van der Waals surface area contributed by atoms with E-state index in [0.717, 1.165) is 0 Å². The van der Waals surface area contributed by atoms with Crippen LogP contribution in [0.25, 0.3) is 0 Å². The Hall–Kier alpha value is -0.640. The van der Waals surface area contributed by atoms with Crippen LogP contribution in [0, 0.1) is 0 Å². The Kier molecular flexibility index (Phi) is 10.1. The molecule has 0 amide bonds. The number of aliphatic hydroxyl groups is 10. The number of hydrogen-bond donors (Lipinski definition) is 10. The number of aliphatic hydroxyl groups excluding tert-OH is 10. The maximum Gasteiger partial charge on any atom is 0.187 e. The smallest absolute Gasteiger partial charge is 0.187 e. The maximum atomic E-state index is 10.7. The summed E-state index contributed by atoms with van der Waals surface area (Å²) in [7, 11) is 1.19. The number of hydrogen-bond acceptors (Lipinski definition) is 16. The first-order chi connectivity index (χ1) is 16.6. The highest BCUT2D eigenvalue weighted by Crippen LogP contribution is 2.33. The van der Waals surface area contributed by atoms with Gasteiger partial charge in [0.05, 0.1) is 19.8 Å². The van der Waals surface area contributed by atoms with E-state index in [9.17, 15) is 51.1 Å². The quantitative estimate of drug-likeness (QED) is 0.143. The van der Waals surface area contributed by atoms with Gasteiger partial charge in [0.2, 0.25) is 0 Å². The van der Waals surface area contributed by atoms with Crippen LogP contribution >= 0.6 is 0 Å². The van der Waals surface area contributed by atoms with Gasteiger partial charge in [-0.1, -0.05) is 0 Å². The largest absolute Gasteiger partial charge is 0.394 e. The number of methoxy groups -OCH3 is 1. The summed E-state index contributed by atoms with van der Waals surface area (Å²) in [4.78, 5) is 0. The minimum atomic E-state index is -1.86. The SMILES string of the molecule is CO[C@@H]1O[C@H](CO)[C@@H](O)[C@H](O)[C@@H]1O[C@@H]1O[C@H](CO)[C@@H](O)[C@H](O)[C@@H]1O[C@@H]1O[C@H](CO)[C@H](O)[C@H](O)[C@@H]1O. The molecule has 3 aliphatic rings. The molecule has 0 aromatic rings. The minimum absolute atomic E-state index is 0.648. The number of rotatable bonds is 8. The lowest BCUT2D eigenvalue weighted by molar-refractivity contribution is -0.392. The molecule has 3 heterocycles. The molecule has 16 heteroatoms. The van der Waals surface area contributed by atoms with Crippen molar-refractivity contribution < 1.29 is 79.5 Å². The Balaban J connectivity index is 1.84. The topological polar surface area (TPSA) is 258 Å². The molecule has 0 aromatic carbocycles. The zero-order valence-electron chi connectivity index (χ0n) is 18.7. The normalized spacial score (nSPS) is 51.3. The average molecular weight is 518 g/mol. The van der Waals surface area contributed by atoms with Crippen LogP contribution in [0.5, 0.6) is 0 Å². The second kappa shape index (κ2) is 12.3. The Bertz CT molecular complexity index is 652. The fraction of sp³-hybridized carbons (Fsp3) is 1.00.